The third-order valence-corrected chi connectivity index (χ3v) is 3.64. The lowest BCUT2D eigenvalue weighted by Crippen LogP contribution is -2.50. The second-order valence-electron chi connectivity index (χ2n) is 7.05. The van der Waals surface area contributed by atoms with E-state index in [1.165, 1.54) is 12.1 Å². The van der Waals surface area contributed by atoms with Gasteiger partial charge in [-0.05, 0) is 46.5 Å². The lowest BCUT2D eigenvalue weighted by Gasteiger charge is -2.30. The first-order chi connectivity index (χ1) is 10.7. The summed E-state index contributed by atoms with van der Waals surface area (Å²) in [5.74, 6) is -1.08. The molecule has 4 nitrogen and oxygen atoms in total. The third kappa shape index (κ3) is 6.04. The average Bonchev–Trinajstić information content (AvgIpc) is 2.37. The molecule has 2 rings (SSSR count). The minimum atomic E-state index is -0.644. The smallest absolute Gasteiger partial charge is 0.315 e. The van der Waals surface area contributed by atoms with Crippen molar-refractivity contribution in [3.63, 3.8) is 0 Å². The number of carbonyl (C=O) groups is 1. The van der Waals surface area contributed by atoms with E-state index in [2.05, 4.69) is 10.6 Å². The molecule has 1 aliphatic carbocycles. The van der Waals surface area contributed by atoms with E-state index in [1.807, 2.05) is 20.8 Å². The summed E-state index contributed by atoms with van der Waals surface area (Å²) in [4.78, 5) is 11.8. The van der Waals surface area contributed by atoms with Crippen LogP contribution in [-0.2, 0) is 0 Å². The summed E-state index contributed by atoms with van der Waals surface area (Å²) in [7, 11) is 0. The molecule has 0 unspecified atom stereocenters. The van der Waals surface area contributed by atoms with Crippen molar-refractivity contribution in [1.29, 1.82) is 0 Å². The maximum Gasteiger partial charge on any atom is 0.315 e. The van der Waals surface area contributed by atoms with Gasteiger partial charge < -0.3 is 15.4 Å². The van der Waals surface area contributed by atoms with Gasteiger partial charge in [0.2, 0.25) is 0 Å². The lowest BCUT2D eigenvalue weighted by atomic mass is 9.93. The molecule has 1 fully saturated rings. The number of benzene rings is 1. The summed E-state index contributed by atoms with van der Waals surface area (Å²) in [6, 6.07) is 3.12. The van der Waals surface area contributed by atoms with Crippen LogP contribution in [-0.4, -0.2) is 23.7 Å². The molecule has 0 bridgehead atoms. The van der Waals surface area contributed by atoms with Crippen molar-refractivity contribution < 1.29 is 18.3 Å². The Morgan fingerprint density at radius 2 is 1.65 bits per heavy atom. The quantitative estimate of drug-likeness (QED) is 0.889. The lowest BCUT2D eigenvalue weighted by molar-refractivity contribution is 0.138. The number of urea groups is 1. The molecule has 1 aliphatic rings. The molecule has 0 radical (unpaired) electrons. The fourth-order valence-electron chi connectivity index (χ4n) is 2.68. The zero-order valence-corrected chi connectivity index (χ0v) is 13.8. The summed E-state index contributed by atoms with van der Waals surface area (Å²) < 4.78 is 31.9. The fraction of sp³-hybridized carbons (Fsp3) is 0.588. The van der Waals surface area contributed by atoms with Gasteiger partial charge in [-0.25, -0.2) is 13.6 Å². The minimum absolute atomic E-state index is 0.0834. The molecule has 0 saturated heterocycles. The van der Waals surface area contributed by atoms with Crippen LogP contribution < -0.4 is 15.4 Å². The summed E-state index contributed by atoms with van der Waals surface area (Å²) in [5.41, 5.74) is -0.272. The van der Waals surface area contributed by atoms with E-state index < -0.39 is 11.6 Å². The normalized spacial score (nSPS) is 21.6. The van der Waals surface area contributed by atoms with Crippen LogP contribution >= 0.6 is 0 Å². The van der Waals surface area contributed by atoms with Gasteiger partial charge in [0.1, 0.15) is 17.4 Å². The highest BCUT2D eigenvalue weighted by molar-refractivity contribution is 5.74. The topological polar surface area (TPSA) is 50.4 Å². The Hall–Kier alpha value is -1.85. The van der Waals surface area contributed by atoms with Gasteiger partial charge in [-0.15, -0.1) is 0 Å². The number of ether oxygens (including phenoxy) is 1. The van der Waals surface area contributed by atoms with Crippen molar-refractivity contribution in [1.82, 2.24) is 10.6 Å². The van der Waals surface area contributed by atoms with Crippen LogP contribution in [0.1, 0.15) is 46.5 Å². The molecule has 6 heteroatoms. The Labute approximate surface area is 135 Å². The first-order valence-electron chi connectivity index (χ1n) is 7.93. The standard InChI is InChI=1S/C17H24F2N2O2/c1-17(2,3)21-16(22)20-13-4-6-14(7-5-13)23-15-9-11(18)8-12(19)10-15/h8-10,13-14H,4-7H2,1-3H3,(H2,20,21,22). The predicted molar refractivity (Wildman–Crippen MR) is 84.5 cm³/mol. The first kappa shape index (κ1) is 17.5. The molecular formula is C17H24F2N2O2. The van der Waals surface area contributed by atoms with Gasteiger partial charge >= 0.3 is 6.03 Å². The number of amides is 2. The fourth-order valence-corrected chi connectivity index (χ4v) is 2.68. The Bertz CT molecular complexity index is 530. The largest absolute Gasteiger partial charge is 0.490 e. The highest BCUT2D eigenvalue weighted by atomic mass is 19.1. The van der Waals surface area contributed by atoms with Gasteiger partial charge in [0.05, 0.1) is 6.10 Å². The molecule has 23 heavy (non-hydrogen) atoms. The summed E-state index contributed by atoms with van der Waals surface area (Å²) in [6.07, 6.45) is 2.94. The third-order valence-electron chi connectivity index (χ3n) is 3.64. The van der Waals surface area contributed by atoms with Gasteiger partial charge in [-0.3, -0.25) is 0 Å². The Kier molecular flexibility index (Phi) is 5.44. The van der Waals surface area contributed by atoms with Crippen LogP contribution in [0.25, 0.3) is 0 Å². The Morgan fingerprint density at radius 3 is 2.17 bits per heavy atom. The maximum atomic E-state index is 13.1. The molecule has 1 saturated carbocycles. The van der Waals surface area contributed by atoms with E-state index in [4.69, 9.17) is 4.74 Å². The average molecular weight is 326 g/mol. The molecule has 1 aromatic rings. The molecule has 0 heterocycles. The number of nitrogens with one attached hydrogen (secondary N) is 2. The minimum Gasteiger partial charge on any atom is -0.490 e. The monoisotopic (exact) mass is 326 g/mol. The van der Waals surface area contributed by atoms with Crippen LogP contribution in [0.2, 0.25) is 0 Å². The molecule has 0 aromatic heterocycles. The van der Waals surface area contributed by atoms with E-state index in [0.717, 1.165) is 31.7 Å². The SMILES string of the molecule is CC(C)(C)NC(=O)NC1CCC(Oc2cc(F)cc(F)c2)CC1. The number of carbonyl (C=O) groups excluding carboxylic acids is 1. The van der Waals surface area contributed by atoms with Gasteiger partial charge in [0.15, 0.2) is 0 Å². The van der Waals surface area contributed by atoms with Gasteiger partial charge in [0.25, 0.3) is 0 Å². The van der Waals surface area contributed by atoms with Crippen LogP contribution in [0.5, 0.6) is 5.75 Å². The van der Waals surface area contributed by atoms with Gasteiger partial charge in [0, 0.05) is 29.8 Å². The van der Waals surface area contributed by atoms with Crippen LogP contribution in [0.15, 0.2) is 18.2 Å². The molecule has 2 N–H and O–H groups in total. The van der Waals surface area contributed by atoms with E-state index in [1.54, 1.807) is 0 Å². The van der Waals surface area contributed by atoms with E-state index >= 15 is 0 Å². The van der Waals surface area contributed by atoms with Crippen molar-refractivity contribution in [3.8, 4) is 5.75 Å². The molecular weight excluding hydrogens is 302 g/mol. The Balaban J connectivity index is 1.78. The van der Waals surface area contributed by atoms with Crippen LogP contribution in [0.3, 0.4) is 0 Å². The van der Waals surface area contributed by atoms with E-state index in [-0.39, 0.29) is 29.5 Å². The molecule has 0 aliphatic heterocycles. The number of halogens is 2. The summed E-state index contributed by atoms with van der Waals surface area (Å²) in [6.45, 7) is 5.78. The zero-order valence-electron chi connectivity index (χ0n) is 13.8. The first-order valence-corrected chi connectivity index (χ1v) is 7.93. The van der Waals surface area contributed by atoms with Crippen molar-refractivity contribution >= 4 is 6.03 Å². The van der Waals surface area contributed by atoms with Crippen molar-refractivity contribution in [2.45, 2.75) is 64.1 Å². The molecule has 0 atom stereocenters. The maximum absolute atomic E-state index is 13.1. The Morgan fingerprint density at radius 1 is 1.09 bits per heavy atom. The predicted octanol–water partition coefficient (Wildman–Crippen LogP) is 3.75. The van der Waals surface area contributed by atoms with Crippen molar-refractivity contribution in [2.75, 3.05) is 0 Å². The van der Waals surface area contributed by atoms with Crippen LogP contribution in [0, 0.1) is 11.6 Å². The van der Waals surface area contributed by atoms with Crippen molar-refractivity contribution in [2.24, 2.45) is 0 Å². The number of hydrogen-bond donors (Lipinski definition) is 2. The number of hydrogen-bond acceptors (Lipinski definition) is 2. The number of rotatable bonds is 3. The van der Waals surface area contributed by atoms with Crippen molar-refractivity contribution in [3.05, 3.63) is 29.8 Å². The van der Waals surface area contributed by atoms with E-state index in [9.17, 15) is 13.6 Å². The molecule has 128 valence electrons. The highest BCUT2D eigenvalue weighted by Crippen LogP contribution is 2.25. The van der Waals surface area contributed by atoms with Gasteiger partial charge in [-0.2, -0.15) is 0 Å². The molecule has 1 aromatic carbocycles. The van der Waals surface area contributed by atoms with Crippen LogP contribution in [0.4, 0.5) is 13.6 Å². The highest BCUT2D eigenvalue weighted by Gasteiger charge is 2.25. The molecule has 2 amide bonds. The summed E-state index contributed by atoms with van der Waals surface area (Å²) in [5, 5.41) is 5.82. The zero-order chi connectivity index (χ0) is 17.0. The second-order valence-corrected chi connectivity index (χ2v) is 7.05. The summed E-state index contributed by atoms with van der Waals surface area (Å²) >= 11 is 0. The van der Waals surface area contributed by atoms with Gasteiger partial charge in [-0.1, -0.05) is 0 Å². The van der Waals surface area contributed by atoms with E-state index in [0.29, 0.717) is 0 Å². The second kappa shape index (κ2) is 7.15. The molecule has 0 spiro atoms.